The average Bonchev–Trinajstić information content (AvgIpc) is 2.99. The van der Waals surface area contributed by atoms with E-state index >= 15 is 0 Å². The number of benzene rings is 2. The van der Waals surface area contributed by atoms with Crippen molar-refractivity contribution < 1.29 is 14.3 Å². The lowest BCUT2D eigenvalue weighted by Gasteiger charge is -2.21. The van der Waals surface area contributed by atoms with Crippen molar-refractivity contribution in [2.75, 3.05) is 18.0 Å². The molecule has 0 bridgehead atoms. The lowest BCUT2D eigenvalue weighted by atomic mass is 9.96. The van der Waals surface area contributed by atoms with Crippen LogP contribution in [0.1, 0.15) is 33.8 Å². The number of anilines is 1. The lowest BCUT2D eigenvalue weighted by molar-refractivity contribution is 0.0691. The maximum atomic E-state index is 14.4. The molecule has 1 saturated heterocycles. The Labute approximate surface area is 139 Å². The van der Waals surface area contributed by atoms with E-state index < -0.39 is 11.8 Å². The Morgan fingerprint density at radius 2 is 2.13 bits per heavy atom. The van der Waals surface area contributed by atoms with Crippen molar-refractivity contribution in [2.45, 2.75) is 19.3 Å². The topological polar surface area (TPSA) is 40.5 Å². The summed E-state index contributed by atoms with van der Waals surface area (Å²) < 4.78 is 14.4. The Balaban J connectivity index is 1.87. The molecule has 1 fully saturated rings. The summed E-state index contributed by atoms with van der Waals surface area (Å²) >= 11 is 6.08. The van der Waals surface area contributed by atoms with E-state index in [-0.39, 0.29) is 11.5 Å². The van der Waals surface area contributed by atoms with E-state index in [1.165, 1.54) is 6.07 Å². The highest BCUT2D eigenvalue weighted by Crippen LogP contribution is 2.35. The predicted molar refractivity (Wildman–Crippen MR) is 89.1 cm³/mol. The van der Waals surface area contributed by atoms with Crippen molar-refractivity contribution in [3.05, 3.63) is 63.9 Å². The summed E-state index contributed by atoms with van der Waals surface area (Å²) in [5.41, 5.74) is 2.39. The van der Waals surface area contributed by atoms with Crippen LogP contribution in [-0.4, -0.2) is 24.2 Å². The van der Waals surface area contributed by atoms with Crippen LogP contribution in [0.3, 0.4) is 0 Å². The highest BCUT2D eigenvalue weighted by molar-refractivity contribution is 6.30. The summed E-state index contributed by atoms with van der Waals surface area (Å²) in [4.78, 5) is 13.3. The first-order valence-electron chi connectivity index (χ1n) is 7.50. The van der Waals surface area contributed by atoms with Crippen molar-refractivity contribution in [3.63, 3.8) is 0 Å². The van der Waals surface area contributed by atoms with Crippen LogP contribution >= 0.6 is 11.6 Å². The molecule has 3 rings (SSSR count). The highest BCUT2D eigenvalue weighted by atomic mass is 35.5. The number of hydrogen-bond donors (Lipinski definition) is 1. The third-order valence-electron chi connectivity index (χ3n) is 4.40. The minimum atomic E-state index is -1.23. The van der Waals surface area contributed by atoms with E-state index in [4.69, 9.17) is 16.7 Å². The fourth-order valence-electron chi connectivity index (χ4n) is 3.19. The zero-order chi connectivity index (χ0) is 16.6. The fourth-order valence-corrected chi connectivity index (χ4v) is 3.35. The van der Waals surface area contributed by atoms with Crippen LogP contribution in [0.5, 0.6) is 0 Å². The largest absolute Gasteiger partial charge is 0.478 e. The Bertz CT molecular complexity index is 763. The lowest BCUT2D eigenvalue weighted by Crippen LogP contribution is -2.20. The van der Waals surface area contributed by atoms with Gasteiger partial charge in [-0.1, -0.05) is 29.8 Å². The number of carbonyl (C=O) groups is 1. The smallest absolute Gasteiger partial charge is 0.338 e. The van der Waals surface area contributed by atoms with Crippen molar-refractivity contribution in [3.8, 4) is 0 Å². The van der Waals surface area contributed by atoms with Gasteiger partial charge in [0, 0.05) is 29.7 Å². The zero-order valence-electron chi connectivity index (χ0n) is 12.7. The molecule has 0 amide bonds. The van der Waals surface area contributed by atoms with Crippen molar-refractivity contribution in [1.29, 1.82) is 0 Å². The summed E-state index contributed by atoms with van der Waals surface area (Å²) in [6, 6.07) is 10.3. The predicted octanol–water partition coefficient (Wildman–Crippen LogP) is 4.48. The standard InChI is InChI=1S/C18H17ClFNO2/c1-11-5-6-13(19)9-16(11)21-8-7-12(10-21)14-3-2-4-15(17(14)20)18(22)23/h2-6,9,12H,7-8,10H2,1H3,(H,22,23). The number of aromatic carboxylic acids is 1. The second kappa shape index (κ2) is 6.20. The number of hydrogen-bond acceptors (Lipinski definition) is 2. The number of rotatable bonds is 3. The van der Waals surface area contributed by atoms with Crippen LogP contribution in [0.4, 0.5) is 10.1 Å². The molecule has 1 aliphatic heterocycles. The minimum absolute atomic E-state index is 0.0207. The van der Waals surface area contributed by atoms with Crippen LogP contribution in [0, 0.1) is 12.7 Å². The Hall–Kier alpha value is -2.07. The minimum Gasteiger partial charge on any atom is -0.478 e. The van der Waals surface area contributed by atoms with Crippen molar-refractivity contribution in [1.82, 2.24) is 0 Å². The van der Waals surface area contributed by atoms with Gasteiger partial charge >= 0.3 is 5.97 Å². The second-order valence-corrected chi connectivity index (χ2v) is 6.31. The molecule has 1 heterocycles. The second-order valence-electron chi connectivity index (χ2n) is 5.88. The molecule has 0 spiro atoms. The van der Waals surface area contributed by atoms with Crippen molar-refractivity contribution >= 4 is 23.3 Å². The number of nitrogens with zero attached hydrogens (tertiary/aromatic N) is 1. The molecule has 0 aromatic heterocycles. The van der Waals surface area contributed by atoms with E-state index in [1.54, 1.807) is 12.1 Å². The third kappa shape index (κ3) is 3.04. The van der Waals surface area contributed by atoms with Crippen molar-refractivity contribution in [2.24, 2.45) is 0 Å². The van der Waals surface area contributed by atoms with Crippen LogP contribution < -0.4 is 4.90 Å². The molecule has 1 atom stereocenters. The molecule has 0 saturated carbocycles. The molecule has 1 aliphatic rings. The van der Waals surface area contributed by atoms with E-state index in [9.17, 15) is 9.18 Å². The van der Waals surface area contributed by atoms with Gasteiger partial charge in [-0.15, -0.1) is 0 Å². The monoisotopic (exact) mass is 333 g/mol. The number of halogens is 2. The Kier molecular flexibility index (Phi) is 4.26. The number of carboxylic acids is 1. The molecule has 2 aromatic carbocycles. The zero-order valence-corrected chi connectivity index (χ0v) is 13.5. The van der Waals surface area contributed by atoms with Gasteiger partial charge in [0.15, 0.2) is 0 Å². The molecule has 1 N–H and O–H groups in total. The van der Waals surface area contributed by atoms with E-state index in [0.717, 1.165) is 24.2 Å². The van der Waals surface area contributed by atoms with Gasteiger partial charge < -0.3 is 10.0 Å². The van der Waals surface area contributed by atoms with Crippen LogP contribution in [-0.2, 0) is 0 Å². The quantitative estimate of drug-likeness (QED) is 0.900. The molecule has 5 heteroatoms. The van der Waals surface area contributed by atoms with Crippen LogP contribution in [0.25, 0.3) is 0 Å². The summed E-state index contributed by atoms with van der Waals surface area (Å²) in [6.07, 6.45) is 0.784. The molecule has 2 aromatic rings. The first kappa shape index (κ1) is 15.8. The SMILES string of the molecule is Cc1ccc(Cl)cc1N1CCC(c2cccc(C(=O)O)c2F)C1. The molecule has 0 radical (unpaired) electrons. The highest BCUT2D eigenvalue weighted by Gasteiger charge is 2.28. The van der Waals surface area contributed by atoms with Gasteiger partial charge in [0.05, 0.1) is 5.56 Å². The summed E-state index contributed by atoms with van der Waals surface area (Å²) in [5.74, 6) is -1.87. The molecule has 120 valence electrons. The number of carboxylic acid groups (broad SMARTS) is 1. The van der Waals surface area contributed by atoms with Crippen LogP contribution in [0.2, 0.25) is 5.02 Å². The maximum absolute atomic E-state index is 14.4. The normalized spacial score (nSPS) is 17.5. The third-order valence-corrected chi connectivity index (χ3v) is 4.63. The maximum Gasteiger partial charge on any atom is 0.338 e. The van der Waals surface area contributed by atoms with Crippen LogP contribution in [0.15, 0.2) is 36.4 Å². The summed E-state index contributed by atoms with van der Waals surface area (Å²) in [7, 11) is 0. The number of aryl methyl sites for hydroxylation is 1. The first-order chi connectivity index (χ1) is 11.0. The Morgan fingerprint density at radius 1 is 1.35 bits per heavy atom. The fraction of sp³-hybridized carbons (Fsp3) is 0.278. The van der Waals surface area contributed by atoms with E-state index in [1.807, 2.05) is 25.1 Å². The molecule has 1 unspecified atom stereocenters. The molecule has 0 aliphatic carbocycles. The molecular weight excluding hydrogens is 317 g/mol. The molecule has 23 heavy (non-hydrogen) atoms. The Morgan fingerprint density at radius 3 is 2.87 bits per heavy atom. The van der Waals surface area contributed by atoms with Gasteiger partial charge in [-0.3, -0.25) is 0 Å². The van der Waals surface area contributed by atoms with Gasteiger partial charge in [0.25, 0.3) is 0 Å². The summed E-state index contributed by atoms with van der Waals surface area (Å²) in [6.45, 7) is 3.47. The molecule has 3 nitrogen and oxygen atoms in total. The van der Waals surface area contributed by atoms with Gasteiger partial charge in [-0.05, 0) is 42.7 Å². The molecular formula is C18H17ClFNO2. The van der Waals surface area contributed by atoms with E-state index in [0.29, 0.717) is 17.1 Å². The summed E-state index contributed by atoms with van der Waals surface area (Å²) in [5, 5.41) is 9.74. The average molecular weight is 334 g/mol. The van der Waals surface area contributed by atoms with E-state index in [2.05, 4.69) is 4.90 Å². The van der Waals surface area contributed by atoms with Gasteiger partial charge in [-0.25, -0.2) is 9.18 Å². The van der Waals surface area contributed by atoms with Gasteiger partial charge in [0.1, 0.15) is 5.82 Å². The van der Waals surface area contributed by atoms with Gasteiger partial charge in [-0.2, -0.15) is 0 Å². The van der Waals surface area contributed by atoms with Gasteiger partial charge in [0.2, 0.25) is 0 Å². The first-order valence-corrected chi connectivity index (χ1v) is 7.88.